The summed E-state index contributed by atoms with van der Waals surface area (Å²) in [6, 6.07) is 1.62. The molecule has 1 atom stereocenters. The molecule has 144 valence electrons. The molecule has 0 radical (unpaired) electrons. The highest BCUT2D eigenvalue weighted by Gasteiger charge is 2.26. The maximum atomic E-state index is 14.6. The molecular weight excluding hydrogens is 456 g/mol. The van der Waals surface area contributed by atoms with Gasteiger partial charge in [0.1, 0.15) is 22.9 Å². The number of imidazole rings is 1. The molecule has 0 bridgehead atoms. The monoisotopic (exact) mass is 473 g/mol. The van der Waals surface area contributed by atoms with Crippen molar-refractivity contribution in [3.8, 4) is 5.75 Å². The minimum atomic E-state index is -0.475. The number of hydrogen-bond donors (Lipinski definition) is 0. The summed E-state index contributed by atoms with van der Waals surface area (Å²) in [5.41, 5.74) is 2.69. The van der Waals surface area contributed by atoms with Gasteiger partial charge in [-0.05, 0) is 26.8 Å². The van der Waals surface area contributed by atoms with E-state index in [4.69, 9.17) is 27.9 Å². The van der Waals surface area contributed by atoms with Gasteiger partial charge in [-0.25, -0.2) is 14.4 Å². The predicted octanol–water partition coefficient (Wildman–Crippen LogP) is 6.32. The topological polar surface area (TPSA) is 39.4 Å². The summed E-state index contributed by atoms with van der Waals surface area (Å²) in [6.07, 6.45) is 3.32. The smallest absolute Gasteiger partial charge is 0.154 e. The van der Waals surface area contributed by atoms with Crippen LogP contribution in [0.5, 0.6) is 5.75 Å². The molecular formula is C19H19BrCl2FN3O. The van der Waals surface area contributed by atoms with E-state index in [1.54, 1.807) is 12.3 Å². The van der Waals surface area contributed by atoms with Gasteiger partial charge >= 0.3 is 0 Å². The first-order valence-corrected chi connectivity index (χ1v) is 10.4. The fourth-order valence-electron chi connectivity index (χ4n) is 3.14. The molecule has 0 N–H and O–H groups in total. The number of halogens is 4. The summed E-state index contributed by atoms with van der Waals surface area (Å²) in [7, 11) is 0. The van der Waals surface area contributed by atoms with Crippen LogP contribution in [-0.4, -0.2) is 20.5 Å². The zero-order valence-corrected chi connectivity index (χ0v) is 18.5. The van der Waals surface area contributed by atoms with Crippen LogP contribution >= 0.6 is 39.1 Å². The van der Waals surface area contributed by atoms with E-state index >= 15 is 0 Å². The van der Waals surface area contributed by atoms with Crippen LogP contribution in [0.3, 0.4) is 0 Å². The molecule has 0 fully saturated rings. The normalized spacial score (nSPS) is 12.8. The first kappa shape index (κ1) is 20.4. The third kappa shape index (κ3) is 3.67. The molecule has 4 nitrogen and oxygen atoms in total. The van der Waals surface area contributed by atoms with Crippen molar-refractivity contribution in [3.05, 3.63) is 57.1 Å². The van der Waals surface area contributed by atoms with Crippen molar-refractivity contribution in [2.75, 3.05) is 0 Å². The molecule has 0 aliphatic heterocycles. The van der Waals surface area contributed by atoms with Gasteiger partial charge in [-0.3, -0.25) is 4.40 Å². The lowest BCUT2D eigenvalue weighted by Gasteiger charge is -2.22. The van der Waals surface area contributed by atoms with Crippen LogP contribution < -0.4 is 4.74 Å². The summed E-state index contributed by atoms with van der Waals surface area (Å²) in [6.45, 7) is 7.67. The van der Waals surface area contributed by atoms with E-state index in [0.29, 0.717) is 16.5 Å². The Bertz CT molecular complexity index is 1010. The minimum Gasteiger partial charge on any atom is -0.490 e. The molecule has 1 unspecified atom stereocenters. The van der Waals surface area contributed by atoms with Crippen LogP contribution in [-0.2, 0) is 5.33 Å². The van der Waals surface area contributed by atoms with Gasteiger partial charge in [-0.2, -0.15) is 0 Å². The first-order chi connectivity index (χ1) is 12.8. The second-order valence-electron chi connectivity index (χ2n) is 6.58. The van der Waals surface area contributed by atoms with Crippen molar-refractivity contribution < 1.29 is 9.13 Å². The second-order valence-corrected chi connectivity index (χ2v) is 7.91. The van der Waals surface area contributed by atoms with Crippen LogP contribution in [0.2, 0.25) is 10.2 Å². The predicted molar refractivity (Wildman–Crippen MR) is 110 cm³/mol. The van der Waals surface area contributed by atoms with Gasteiger partial charge < -0.3 is 4.74 Å². The van der Waals surface area contributed by atoms with E-state index in [2.05, 4.69) is 25.9 Å². The summed E-state index contributed by atoms with van der Waals surface area (Å²) in [5.74, 6) is 0.556. The lowest BCUT2D eigenvalue weighted by atomic mass is 9.96. The third-order valence-corrected chi connectivity index (χ3v) is 5.46. The number of ether oxygens (including phenoxy) is 1. The fourth-order valence-corrected chi connectivity index (χ4v) is 4.15. The van der Waals surface area contributed by atoms with E-state index < -0.39 is 5.82 Å². The van der Waals surface area contributed by atoms with Crippen LogP contribution in [0.1, 0.15) is 49.3 Å². The number of hydrogen-bond acceptors (Lipinski definition) is 3. The molecule has 27 heavy (non-hydrogen) atoms. The Kier molecular flexibility index (Phi) is 5.99. The van der Waals surface area contributed by atoms with Gasteiger partial charge in [-0.15, -0.1) is 0 Å². The molecule has 1 aromatic carbocycles. The van der Waals surface area contributed by atoms with Crippen LogP contribution in [0.25, 0.3) is 5.52 Å². The molecule has 0 aliphatic carbocycles. The lowest BCUT2D eigenvalue weighted by Crippen LogP contribution is -2.13. The lowest BCUT2D eigenvalue weighted by molar-refractivity contribution is 0.236. The molecule has 0 spiro atoms. The Hall–Kier alpha value is -1.37. The average molecular weight is 475 g/mol. The number of aromatic nitrogens is 3. The van der Waals surface area contributed by atoms with Gasteiger partial charge in [0.25, 0.3) is 0 Å². The minimum absolute atomic E-state index is 0.0553. The van der Waals surface area contributed by atoms with Gasteiger partial charge in [0.15, 0.2) is 5.15 Å². The largest absolute Gasteiger partial charge is 0.490 e. The number of aryl methyl sites for hydroxylation is 1. The number of alkyl halides is 1. The van der Waals surface area contributed by atoms with Crippen LogP contribution in [0.4, 0.5) is 4.39 Å². The zero-order valence-electron chi connectivity index (χ0n) is 15.4. The summed E-state index contributed by atoms with van der Waals surface area (Å²) < 4.78 is 22.5. The van der Waals surface area contributed by atoms with Crippen molar-refractivity contribution >= 4 is 44.6 Å². The van der Waals surface area contributed by atoms with E-state index in [0.717, 1.165) is 22.6 Å². The van der Waals surface area contributed by atoms with Crippen molar-refractivity contribution in [1.82, 2.24) is 14.4 Å². The van der Waals surface area contributed by atoms with E-state index in [1.165, 1.54) is 0 Å². The number of rotatable bonds is 5. The van der Waals surface area contributed by atoms with Gasteiger partial charge in [0.2, 0.25) is 0 Å². The first-order valence-electron chi connectivity index (χ1n) is 8.48. The SMILES string of the molecule is Cc1nc(C(C)c2cc(Cl)c(F)c(CBr)c2OC(C)C)n2ccnc(Cl)c12. The van der Waals surface area contributed by atoms with E-state index in [9.17, 15) is 4.39 Å². The average Bonchev–Trinajstić information content (AvgIpc) is 2.95. The molecule has 2 heterocycles. The third-order valence-electron chi connectivity index (χ3n) is 4.35. The highest BCUT2D eigenvalue weighted by atomic mass is 79.9. The molecule has 3 aromatic rings. The zero-order chi connectivity index (χ0) is 19.9. The number of benzene rings is 1. The van der Waals surface area contributed by atoms with Gasteiger partial charge in [-0.1, -0.05) is 46.1 Å². The Morgan fingerprint density at radius 1 is 1.30 bits per heavy atom. The molecule has 0 aliphatic rings. The summed E-state index contributed by atoms with van der Waals surface area (Å²) >= 11 is 15.8. The van der Waals surface area contributed by atoms with Crippen LogP contribution in [0.15, 0.2) is 18.5 Å². The summed E-state index contributed by atoms with van der Waals surface area (Å²) in [5, 5.41) is 0.732. The molecule has 3 rings (SSSR count). The molecule has 0 saturated carbocycles. The number of fused-ring (bicyclic) bond motifs is 1. The van der Waals surface area contributed by atoms with Gasteiger partial charge in [0.05, 0.1) is 16.8 Å². The Morgan fingerprint density at radius 3 is 2.63 bits per heavy atom. The Labute approximate surface area is 175 Å². The van der Waals surface area contributed by atoms with Crippen LogP contribution in [0, 0.1) is 12.7 Å². The van der Waals surface area contributed by atoms with Crippen molar-refractivity contribution in [2.45, 2.75) is 45.0 Å². The number of nitrogens with zero attached hydrogens (tertiary/aromatic N) is 3. The molecule has 0 amide bonds. The quantitative estimate of drug-likeness (QED) is 0.406. The Balaban J connectivity index is 2.25. The second kappa shape index (κ2) is 7.94. The van der Waals surface area contributed by atoms with Crippen molar-refractivity contribution in [3.63, 3.8) is 0 Å². The van der Waals surface area contributed by atoms with E-state index in [-0.39, 0.29) is 22.4 Å². The molecule has 8 heteroatoms. The maximum absolute atomic E-state index is 14.6. The highest BCUT2D eigenvalue weighted by molar-refractivity contribution is 9.08. The summed E-state index contributed by atoms with van der Waals surface area (Å²) in [4.78, 5) is 8.82. The standard InChI is InChI=1S/C19H19BrCl2FN3O/c1-9(2)27-17-12(7-14(21)15(23)13(17)8-20)10(3)19-25-11(4)16-18(22)24-5-6-26(16)19/h5-7,9-10H,8H2,1-4H3. The van der Waals surface area contributed by atoms with Gasteiger partial charge in [0, 0.05) is 34.8 Å². The molecule has 0 saturated heterocycles. The van der Waals surface area contributed by atoms with Crippen molar-refractivity contribution in [1.29, 1.82) is 0 Å². The van der Waals surface area contributed by atoms with E-state index in [1.807, 2.05) is 38.3 Å². The maximum Gasteiger partial charge on any atom is 0.154 e. The Morgan fingerprint density at radius 2 is 2.00 bits per heavy atom. The van der Waals surface area contributed by atoms with Crippen molar-refractivity contribution in [2.24, 2.45) is 0 Å². The molecule has 2 aromatic heterocycles. The fraction of sp³-hybridized carbons (Fsp3) is 0.368. The highest BCUT2D eigenvalue weighted by Crippen LogP contribution is 2.40.